The van der Waals surface area contributed by atoms with E-state index in [9.17, 15) is 4.79 Å². The van der Waals surface area contributed by atoms with E-state index in [4.69, 9.17) is 4.74 Å². The lowest BCUT2D eigenvalue weighted by molar-refractivity contribution is -0.144. The van der Waals surface area contributed by atoms with E-state index in [1.54, 1.807) is 0 Å². The summed E-state index contributed by atoms with van der Waals surface area (Å²) in [5.74, 6) is 0.238. The van der Waals surface area contributed by atoms with Gasteiger partial charge >= 0.3 is 0 Å². The molecule has 0 aliphatic carbocycles. The molecular weight excluding hydrogens is 226 g/mol. The van der Waals surface area contributed by atoms with Gasteiger partial charge in [-0.3, -0.25) is 4.79 Å². The molecule has 1 aliphatic heterocycles. The van der Waals surface area contributed by atoms with Crippen LogP contribution in [0.2, 0.25) is 0 Å². The molecule has 0 bridgehead atoms. The highest BCUT2D eigenvalue weighted by molar-refractivity contribution is 5.77. The zero-order chi connectivity index (χ0) is 13.0. The molecule has 1 aliphatic rings. The minimum atomic E-state index is 0.192. The van der Waals surface area contributed by atoms with Crippen LogP contribution in [0.15, 0.2) is 30.3 Å². The van der Waals surface area contributed by atoms with Gasteiger partial charge in [-0.25, -0.2) is 0 Å². The van der Waals surface area contributed by atoms with Crippen molar-refractivity contribution in [1.29, 1.82) is 0 Å². The van der Waals surface area contributed by atoms with Crippen molar-refractivity contribution in [2.45, 2.75) is 38.8 Å². The lowest BCUT2D eigenvalue weighted by Crippen LogP contribution is -2.52. The third-order valence-electron chi connectivity index (χ3n) is 3.43. The molecule has 2 rings (SSSR count). The molecule has 0 radical (unpaired) electrons. The molecule has 98 valence electrons. The van der Waals surface area contributed by atoms with Crippen LogP contribution >= 0.6 is 0 Å². The van der Waals surface area contributed by atoms with E-state index in [0.717, 1.165) is 6.42 Å². The van der Waals surface area contributed by atoms with Crippen LogP contribution in [-0.4, -0.2) is 36.1 Å². The number of rotatable bonds is 3. The zero-order valence-corrected chi connectivity index (χ0v) is 11.1. The van der Waals surface area contributed by atoms with Gasteiger partial charge in [-0.1, -0.05) is 30.3 Å². The number of carbonyl (C=O) groups is 1. The smallest absolute Gasteiger partial charge is 0.223 e. The minimum Gasteiger partial charge on any atom is -0.377 e. The first kappa shape index (κ1) is 13.1. The van der Waals surface area contributed by atoms with Gasteiger partial charge in [-0.15, -0.1) is 0 Å². The molecule has 1 aromatic carbocycles. The van der Waals surface area contributed by atoms with E-state index >= 15 is 0 Å². The Morgan fingerprint density at radius 1 is 1.22 bits per heavy atom. The first-order valence-corrected chi connectivity index (χ1v) is 6.61. The maximum absolute atomic E-state index is 12.3. The standard InChI is InChI=1S/C15H21NO2/c1-12-10-18-11-13(2)16(12)15(17)9-8-14-6-4-3-5-7-14/h3-7,12-13H,8-11H2,1-2H3. The van der Waals surface area contributed by atoms with Crippen LogP contribution in [0, 0.1) is 0 Å². The Balaban J connectivity index is 1.91. The molecule has 1 heterocycles. The molecule has 3 heteroatoms. The molecule has 2 atom stereocenters. The van der Waals surface area contributed by atoms with E-state index in [-0.39, 0.29) is 18.0 Å². The van der Waals surface area contributed by atoms with Crippen LogP contribution in [0.25, 0.3) is 0 Å². The normalized spacial score (nSPS) is 24.0. The molecule has 1 saturated heterocycles. The number of ether oxygens (including phenoxy) is 1. The number of carbonyl (C=O) groups excluding carboxylic acids is 1. The molecule has 0 spiro atoms. The summed E-state index contributed by atoms with van der Waals surface area (Å²) in [5.41, 5.74) is 1.22. The van der Waals surface area contributed by atoms with Gasteiger partial charge in [0.2, 0.25) is 5.91 Å². The first-order valence-electron chi connectivity index (χ1n) is 6.61. The predicted molar refractivity (Wildman–Crippen MR) is 71.4 cm³/mol. The summed E-state index contributed by atoms with van der Waals surface area (Å²) in [6.45, 7) is 5.41. The van der Waals surface area contributed by atoms with Crippen molar-refractivity contribution < 1.29 is 9.53 Å². The third-order valence-corrected chi connectivity index (χ3v) is 3.43. The van der Waals surface area contributed by atoms with Gasteiger partial charge in [-0.2, -0.15) is 0 Å². The summed E-state index contributed by atoms with van der Waals surface area (Å²) in [7, 11) is 0. The molecule has 3 nitrogen and oxygen atoms in total. The number of hydrogen-bond acceptors (Lipinski definition) is 2. The highest BCUT2D eigenvalue weighted by atomic mass is 16.5. The molecule has 1 amide bonds. The Kier molecular flexibility index (Phi) is 4.37. The summed E-state index contributed by atoms with van der Waals surface area (Å²) in [6.07, 6.45) is 1.40. The predicted octanol–water partition coefficient (Wildman–Crippen LogP) is 2.25. The van der Waals surface area contributed by atoms with Crippen LogP contribution in [0.3, 0.4) is 0 Å². The molecule has 1 aromatic rings. The minimum absolute atomic E-state index is 0.192. The highest BCUT2D eigenvalue weighted by Crippen LogP contribution is 2.15. The molecule has 18 heavy (non-hydrogen) atoms. The molecular formula is C15H21NO2. The summed E-state index contributed by atoms with van der Waals surface area (Å²) in [4.78, 5) is 14.2. The van der Waals surface area contributed by atoms with Crippen molar-refractivity contribution in [2.75, 3.05) is 13.2 Å². The topological polar surface area (TPSA) is 29.5 Å². The maximum Gasteiger partial charge on any atom is 0.223 e. The number of aryl methyl sites for hydroxylation is 1. The van der Waals surface area contributed by atoms with E-state index in [2.05, 4.69) is 26.0 Å². The van der Waals surface area contributed by atoms with Gasteiger partial charge in [-0.05, 0) is 25.8 Å². The van der Waals surface area contributed by atoms with Crippen molar-refractivity contribution in [3.05, 3.63) is 35.9 Å². The van der Waals surface area contributed by atoms with E-state index < -0.39 is 0 Å². The fourth-order valence-electron chi connectivity index (χ4n) is 2.52. The second kappa shape index (κ2) is 6.01. The average molecular weight is 247 g/mol. The van der Waals surface area contributed by atoms with Gasteiger partial charge in [0.05, 0.1) is 25.3 Å². The van der Waals surface area contributed by atoms with Crippen molar-refractivity contribution >= 4 is 5.91 Å². The van der Waals surface area contributed by atoms with Gasteiger partial charge < -0.3 is 9.64 Å². The summed E-state index contributed by atoms with van der Waals surface area (Å²) < 4.78 is 5.44. The molecule has 0 saturated carbocycles. The summed E-state index contributed by atoms with van der Waals surface area (Å²) in [6, 6.07) is 10.5. The second-order valence-electron chi connectivity index (χ2n) is 5.02. The number of morpholine rings is 1. The Bertz CT molecular complexity index is 381. The fraction of sp³-hybridized carbons (Fsp3) is 0.533. The molecule has 0 aromatic heterocycles. The average Bonchev–Trinajstić information content (AvgIpc) is 2.37. The third kappa shape index (κ3) is 3.10. The Hall–Kier alpha value is -1.35. The molecule has 2 unspecified atom stereocenters. The van der Waals surface area contributed by atoms with E-state index in [1.165, 1.54) is 5.56 Å². The first-order chi connectivity index (χ1) is 8.68. The van der Waals surface area contributed by atoms with Crippen molar-refractivity contribution in [3.63, 3.8) is 0 Å². The van der Waals surface area contributed by atoms with Gasteiger partial charge in [0, 0.05) is 6.42 Å². The van der Waals surface area contributed by atoms with E-state index in [1.807, 2.05) is 23.1 Å². The number of amides is 1. The van der Waals surface area contributed by atoms with Crippen LogP contribution in [-0.2, 0) is 16.0 Å². The zero-order valence-electron chi connectivity index (χ0n) is 11.1. The van der Waals surface area contributed by atoms with Crippen LogP contribution in [0.5, 0.6) is 0 Å². The van der Waals surface area contributed by atoms with Crippen molar-refractivity contribution in [2.24, 2.45) is 0 Å². The lowest BCUT2D eigenvalue weighted by atomic mass is 10.1. The monoisotopic (exact) mass is 247 g/mol. The summed E-state index contributed by atoms with van der Waals surface area (Å²) >= 11 is 0. The second-order valence-corrected chi connectivity index (χ2v) is 5.02. The van der Waals surface area contributed by atoms with Crippen molar-refractivity contribution in [1.82, 2.24) is 4.90 Å². The fourth-order valence-corrected chi connectivity index (χ4v) is 2.52. The van der Waals surface area contributed by atoms with Crippen LogP contribution < -0.4 is 0 Å². The quantitative estimate of drug-likeness (QED) is 0.820. The Morgan fingerprint density at radius 2 is 1.83 bits per heavy atom. The van der Waals surface area contributed by atoms with Gasteiger partial charge in [0.15, 0.2) is 0 Å². The number of hydrogen-bond donors (Lipinski definition) is 0. The highest BCUT2D eigenvalue weighted by Gasteiger charge is 2.28. The SMILES string of the molecule is CC1COCC(C)N1C(=O)CCc1ccccc1. The maximum atomic E-state index is 12.3. The van der Waals surface area contributed by atoms with Gasteiger partial charge in [0.25, 0.3) is 0 Å². The largest absolute Gasteiger partial charge is 0.377 e. The van der Waals surface area contributed by atoms with Crippen LogP contribution in [0.4, 0.5) is 0 Å². The molecule has 1 fully saturated rings. The summed E-state index contributed by atoms with van der Waals surface area (Å²) in [5, 5.41) is 0. The lowest BCUT2D eigenvalue weighted by Gasteiger charge is -2.38. The van der Waals surface area contributed by atoms with Gasteiger partial charge in [0.1, 0.15) is 0 Å². The Morgan fingerprint density at radius 3 is 2.44 bits per heavy atom. The Labute approximate surface area is 109 Å². The molecule has 0 N–H and O–H groups in total. The van der Waals surface area contributed by atoms with Crippen molar-refractivity contribution in [3.8, 4) is 0 Å². The van der Waals surface area contributed by atoms with E-state index in [0.29, 0.717) is 19.6 Å². The number of benzene rings is 1. The number of nitrogens with zero attached hydrogens (tertiary/aromatic N) is 1. The van der Waals surface area contributed by atoms with Crippen LogP contribution in [0.1, 0.15) is 25.8 Å².